The van der Waals surface area contributed by atoms with Gasteiger partial charge in [-0.15, -0.1) is 11.3 Å². The molecule has 0 atom stereocenters. The molecule has 6 nitrogen and oxygen atoms in total. The van der Waals surface area contributed by atoms with Gasteiger partial charge >= 0.3 is 0 Å². The van der Waals surface area contributed by atoms with Gasteiger partial charge in [-0.25, -0.2) is 0 Å². The van der Waals surface area contributed by atoms with Crippen LogP contribution >= 0.6 is 11.3 Å². The average Bonchev–Trinajstić information content (AvgIpc) is 3.56. The van der Waals surface area contributed by atoms with E-state index in [9.17, 15) is 4.79 Å². The number of anilines is 1. The van der Waals surface area contributed by atoms with Crippen molar-refractivity contribution >= 4 is 22.9 Å². The molecule has 162 valence electrons. The zero-order valence-corrected chi connectivity index (χ0v) is 18.3. The Morgan fingerprint density at radius 1 is 0.939 bits per heavy atom. The van der Waals surface area contributed by atoms with Crippen molar-refractivity contribution in [1.82, 2.24) is 10.1 Å². The first-order valence-corrected chi connectivity index (χ1v) is 11.2. The number of aromatic nitrogens is 2. The highest BCUT2D eigenvalue weighted by Gasteiger charge is 2.16. The second kappa shape index (κ2) is 9.50. The number of para-hydroxylation sites is 1. The summed E-state index contributed by atoms with van der Waals surface area (Å²) in [5.74, 6) is 1.22. The van der Waals surface area contributed by atoms with Gasteiger partial charge in [0.2, 0.25) is 5.82 Å². The van der Waals surface area contributed by atoms with Crippen molar-refractivity contribution in [3.8, 4) is 27.9 Å². The number of ether oxygens (including phenoxy) is 1. The van der Waals surface area contributed by atoms with Crippen molar-refractivity contribution in [1.29, 1.82) is 0 Å². The molecule has 0 aliphatic rings. The Morgan fingerprint density at radius 3 is 2.64 bits per heavy atom. The fraction of sp³-hybridized carbons (Fsp3) is 0.0385. The Morgan fingerprint density at radius 2 is 1.79 bits per heavy atom. The predicted octanol–water partition coefficient (Wildman–Crippen LogP) is 6.30. The molecule has 1 amide bonds. The molecule has 1 N–H and O–H groups in total. The standard InChI is InChI=1S/C26H19N3O3S/c30-25(19-10-6-11-20(16-19)31-17-18-8-2-1-3-9-18)27-22-13-5-4-12-21(22)26-28-24(29-32-26)23-14-7-15-33-23/h1-16H,17H2,(H,27,30). The molecule has 7 heteroatoms. The van der Waals surface area contributed by atoms with Crippen molar-refractivity contribution < 1.29 is 14.1 Å². The van der Waals surface area contributed by atoms with Crippen LogP contribution in [0.15, 0.2) is 101 Å². The summed E-state index contributed by atoms with van der Waals surface area (Å²) >= 11 is 1.53. The Bertz CT molecular complexity index is 1360. The molecule has 5 aromatic rings. The third kappa shape index (κ3) is 4.83. The van der Waals surface area contributed by atoms with Crippen molar-refractivity contribution in [2.45, 2.75) is 6.61 Å². The van der Waals surface area contributed by atoms with Gasteiger partial charge in [-0.1, -0.05) is 59.8 Å². The van der Waals surface area contributed by atoms with Crippen molar-refractivity contribution in [2.24, 2.45) is 0 Å². The van der Waals surface area contributed by atoms with E-state index in [4.69, 9.17) is 9.26 Å². The number of carbonyl (C=O) groups is 1. The quantitative estimate of drug-likeness (QED) is 0.313. The Labute approximate surface area is 194 Å². The molecular formula is C26H19N3O3S. The van der Waals surface area contributed by atoms with Crippen molar-refractivity contribution in [3.63, 3.8) is 0 Å². The van der Waals surface area contributed by atoms with Crippen LogP contribution < -0.4 is 10.1 Å². The summed E-state index contributed by atoms with van der Waals surface area (Å²) in [5, 5.41) is 8.97. The minimum absolute atomic E-state index is 0.259. The molecule has 2 aromatic heterocycles. The molecule has 0 fully saturated rings. The first-order chi connectivity index (χ1) is 16.3. The van der Waals surface area contributed by atoms with Crippen LogP contribution in [-0.4, -0.2) is 16.0 Å². The highest BCUT2D eigenvalue weighted by molar-refractivity contribution is 7.13. The maximum atomic E-state index is 13.0. The number of amides is 1. The summed E-state index contributed by atoms with van der Waals surface area (Å²) < 4.78 is 11.3. The first kappa shape index (κ1) is 20.7. The number of rotatable bonds is 7. The third-order valence-electron chi connectivity index (χ3n) is 4.92. The molecule has 33 heavy (non-hydrogen) atoms. The lowest BCUT2D eigenvalue weighted by Crippen LogP contribution is -2.12. The molecule has 0 unspecified atom stereocenters. The van der Waals surface area contributed by atoms with Crippen molar-refractivity contribution in [3.05, 3.63) is 108 Å². The Balaban J connectivity index is 1.33. The Hall–Kier alpha value is -4.23. The summed E-state index contributed by atoms with van der Waals surface area (Å²) in [5.41, 5.74) is 2.78. The summed E-state index contributed by atoms with van der Waals surface area (Å²) in [6, 6.07) is 28.2. The summed E-state index contributed by atoms with van der Waals surface area (Å²) in [4.78, 5) is 18.4. The average molecular weight is 454 g/mol. The van der Waals surface area contributed by atoms with Crippen LogP contribution in [0.3, 0.4) is 0 Å². The number of carbonyl (C=O) groups excluding carboxylic acids is 1. The van der Waals surface area contributed by atoms with Crippen LogP contribution in [0.4, 0.5) is 5.69 Å². The minimum Gasteiger partial charge on any atom is -0.489 e. The highest BCUT2D eigenvalue weighted by atomic mass is 32.1. The molecule has 0 saturated heterocycles. The summed E-state index contributed by atoms with van der Waals surface area (Å²) in [7, 11) is 0. The lowest BCUT2D eigenvalue weighted by Gasteiger charge is -2.10. The maximum Gasteiger partial charge on any atom is 0.260 e. The highest BCUT2D eigenvalue weighted by Crippen LogP contribution is 2.30. The fourth-order valence-corrected chi connectivity index (χ4v) is 3.93. The lowest BCUT2D eigenvalue weighted by atomic mass is 10.1. The number of thiophene rings is 1. The van der Waals surface area contributed by atoms with Gasteiger partial charge in [0.25, 0.3) is 11.8 Å². The normalized spacial score (nSPS) is 10.7. The second-order valence-electron chi connectivity index (χ2n) is 7.20. The van der Waals surface area contributed by atoms with E-state index in [0.29, 0.717) is 40.9 Å². The van der Waals surface area contributed by atoms with Gasteiger partial charge in [0, 0.05) is 5.56 Å². The van der Waals surface area contributed by atoms with E-state index in [2.05, 4.69) is 15.5 Å². The number of nitrogens with one attached hydrogen (secondary N) is 1. The first-order valence-electron chi connectivity index (χ1n) is 10.3. The molecule has 2 heterocycles. The van der Waals surface area contributed by atoms with E-state index in [1.165, 1.54) is 11.3 Å². The molecule has 0 aliphatic heterocycles. The van der Waals surface area contributed by atoms with E-state index in [1.807, 2.05) is 72.1 Å². The van der Waals surface area contributed by atoms with Gasteiger partial charge < -0.3 is 14.6 Å². The van der Waals surface area contributed by atoms with Gasteiger partial charge in [-0.3, -0.25) is 4.79 Å². The second-order valence-corrected chi connectivity index (χ2v) is 8.15. The number of nitrogens with zero attached hydrogens (tertiary/aromatic N) is 2. The molecule has 3 aromatic carbocycles. The van der Waals surface area contributed by atoms with E-state index >= 15 is 0 Å². The fourth-order valence-electron chi connectivity index (χ4n) is 3.28. The molecule has 0 bridgehead atoms. The van der Waals surface area contributed by atoms with E-state index < -0.39 is 0 Å². The topological polar surface area (TPSA) is 77.3 Å². The van der Waals surface area contributed by atoms with Crippen LogP contribution in [0.1, 0.15) is 15.9 Å². The number of hydrogen-bond donors (Lipinski definition) is 1. The molecule has 0 spiro atoms. The van der Waals surface area contributed by atoms with Crippen LogP contribution in [0.2, 0.25) is 0 Å². The maximum absolute atomic E-state index is 13.0. The minimum atomic E-state index is -0.259. The smallest absolute Gasteiger partial charge is 0.260 e. The van der Waals surface area contributed by atoms with E-state index in [0.717, 1.165) is 10.4 Å². The Kier molecular flexibility index (Phi) is 5.95. The van der Waals surface area contributed by atoms with Crippen LogP contribution in [0.25, 0.3) is 22.2 Å². The summed E-state index contributed by atoms with van der Waals surface area (Å²) in [6.07, 6.45) is 0. The van der Waals surface area contributed by atoms with Crippen LogP contribution in [-0.2, 0) is 6.61 Å². The van der Waals surface area contributed by atoms with Crippen molar-refractivity contribution in [2.75, 3.05) is 5.32 Å². The largest absolute Gasteiger partial charge is 0.489 e. The monoisotopic (exact) mass is 453 g/mol. The zero-order chi connectivity index (χ0) is 22.5. The zero-order valence-electron chi connectivity index (χ0n) is 17.5. The van der Waals surface area contributed by atoms with Gasteiger partial charge in [0.05, 0.1) is 16.1 Å². The number of benzene rings is 3. The molecule has 5 rings (SSSR count). The summed E-state index contributed by atoms with van der Waals surface area (Å²) in [6.45, 7) is 0.429. The SMILES string of the molecule is O=C(Nc1ccccc1-c1nc(-c2cccs2)no1)c1cccc(OCc2ccccc2)c1. The molecule has 0 radical (unpaired) electrons. The van der Waals surface area contributed by atoms with Crippen LogP contribution in [0, 0.1) is 0 Å². The van der Waals surface area contributed by atoms with Gasteiger partial charge in [0.15, 0.2) is 0 Å². The van der Waals surface area contributed by atoms with E-state index in [1.54, 1.807) is 24.3 Å². The van der Waals surface area contributed by atoms with E-state index in [-0.39, 0.29) is 5.91 Å². The van der Waals surface area contributed by atoms with Crippen LogP contribution in [0.5, 0.6) is 5.75 Å². The van der Waals surface area contributed by atoms with Gasteiger partial charge in [0.1, 0.15) is 12.4 Å². The lowest BCUT2D eigenvalue weighted by molar-refractivity contribution is 0.102. The molecule has 0 saturated carbocycles. The van der Waals surface area contributed by atoms with Gasteiger partial charge in [-0.2, -0.15) is 4.98 Å². The third-order valence-corrected chi connectivity index (χ3v) is 5.78. The number of hydrogen-bond acceptors (Lipinski definition) is 6. The predicted molar refractivity (Wildman–Crippen MR) is 128 cm³/mol. The molecule has 0 aliphatic carbocycles. The molecular weight excluding hydrogens is 434 g/mol. The van der Waals surface area contributed by atoms with Gasteiger partial charge in [-0.05, 0) is 47.3 Å².